The zero-order valence-corrected chi connectivity index (χ0v) is 25.7. The molecular formula is C34H49NO6. The van der Waals surface area contributed by atoms with Gasteiger partial charge >= 0.3 is 0 Å². The number of phenols is 2. The Hall–Kier alpha value is -3.09. The maximum atomic E-state index is 13.8. The summed E-state index contributed by atoms with van der Waals surface area (Å²) in [6.45, 7) is 8.96. The van der Waals surface area contributed by atoms with Crippen molar-refractivity contribution >= 4 is 17.3 Å². The van der Waals surface area contributed by atoms with E-state index in [2.05, 4.69) is 12.2 Å². The highest BCUT2D eigenvalue weighted by atomic mass is 16.5. The quantitative estimate of drug-likeness (QED) is 0.0767. The van der Waals surface area contributed by atoms with E-state index in [1.54, 1.807) is 13.8 Å². The topological polar surface area (TPSA) is 113 Å². The molecule has 1 atom stereocenters. The van der Waals surface area contributed by atoms with Gasteiger partial charge in [-0.25, -0.2) is 0 Å². The van der Waals surface area contributed by atoms with Gasteiger partial charge < -0.3 is 20.3 Å². The van der Waals surface area contributed by atoms with E-state index in [4.69, 9.17) is 4.74 Å². The molecule has 0 radical (unpaired) electrons. The van der Waals surface area contributed by atoms with Gasteiger partial charge in [0.2, 0.25) is 0 Å². The molecule has 2 aliphatic rings. The average molecular weight is 568 g/mol. The van der Waals surface area contributed by atoms with Gasteiger partial charge in [0.05, 0.1) is 11.1 Å². The first-order chi connectivity index (χ1) is 19.6. The van der Waals surface area contributed by atoms with Gasteiger partial charge in [0.25, 0.3) is 0 Å². The second-order valence-corrected chi connectivity index (χ2v) is 11.9. The summed E-state index contributed by atoms with van der Waals surface area (Å²) in [7, 11) is 0. The third kappa shape index (κ3) is 7.04. The number of ether oxygens (including phenoxy) is 1. The van der Waals surface area contributed by atoms with Crippen LogP contribution in [0.4, 0.5) is 0 Å². The number of phenolic OH excluding ortho intramolecular Hbond substituents is 2. The molecule has 0 aromatic heterocycles. The third-order valence-corrected chi connectivity index (χ3v) is 8.68. The molecule has 0 fully saturated rings. The summed E-state index contributed by atoms with van der Waals surface area (Å²) in [5.74, 6) is -2.17. The number of unbranched alkanes of at least 4 members (excludes halogenated alkanes) is 13. The van der Waals surface area contributed by atoms with Crippen molar-refractivity contribution in [2.75, 3.05) is 6.54 Å². The number of benzene rings is 1. The van der Waals surface area contributed by atoms with Gasteiger partial charge in [-0.3, -0.25) is 14.4 Å². The number of Topliss-reactive ketones (excluding diaryl/α,β-unsaturated/α-hetero) is 2. The average Bonchev–Trinajstić information content (AvgIpc) is 3.22. The van der Waals surface area contributed by atoms with E-state index in [1.165, 1.54) is 97.0 Å². The summed E-state index contributed by atoms with van der Waals surface area (Å²) < 4.78 is 5.82. The molecule has 3 rings (SSSR count). The number of aromatic hydroxyl groups is 2. The normalized spacial score (nSPS) is 19.0. The molecular weight excluding hydrogens is 518 g/mol. The highest BCUT2D eigenvalue weighted by molar-refractivity contribution is 6.31. The number of ketones is 3. The van der Waals surface area contributed by atoms with Crippen molar-refractivity contribution in [2.45, 2.75) is 130 Å². The van der Waals surface area contributed by atoms with Crippen LogP contribution in [0.15, 0.2) is 23.1 Å². The lowest BCUT2D eigenvalue weighted by molar-refractivity contribution is -0.123. The van der Waals surface area contributed by atoms with E-state index in [0.29, 0.717) is 12.2 Å². The van der Waals surface area contributed by atoms with E-state index < -0.39 is 28.5 Å². The summed E-state index contributed by atoms with van der Waals surface area (Å²) in [6.07, 6.45) is 19.2. The van der Waals surface area contributed by atoms with Crippen molar-refractivity contribution in [3.8, 4) is 17.2 Å². The lowest BCUT2D eigenvalue weighted by Gasteiger charge is -2.29. The Balaban J connectivity index is 1.51. The standard InChI is InChI=1S/C34H49NO6/c1-6-7-8-9-10-11-12-13-14-15-16-17-18-19-20-35-23(3)27-25(37)21-26-34(5,33(27)40)29-31(39)22(2)30(38)28(24(4)36)32(29)41-26/h21,35,38-39H,6-20H2,1-5H3/t34-/m0/s1. The second-order valence-electron chi connectivity index (χ2n) is 11.9. The lowest BCUT2D eigenvalue weighted by Crippen LogP contribution is -2.41. The Morgan fingerprint density at radius 2 is 1.37 bits per heavy atom. The van der Waals surface area contributed by atoms with Gasteiger partial charge in [0.1, 0.15) is 34.0 Å². The van der Waals surface area contributed by atoms with E-state index in [9.17, 15) is 24.6 Å². The van der Waals surface area contributed by atoms with E-state index >= 15 is 0 Å². The van der Waals surface area contributed by atoms with Crippen LogP contribution in [0.2, 0.25) is 0 Å². The van der Waals surface area contributed by atoms with Crippen LogP contribution in [-0.4, -0.2) is 34.1 Å². The predicted molar refractivity (Wildman–Crippen MR) is 162 cm³/mol. The Kier molecular flexibility index (Phi) is 11.6. The van der Waals surface area contributed by atoms with Gasteiger partial charge in [0.15, 0.2) is 17.3 Å². The Bertz CT molecular complexity index is 1210. The zero-order chi connectivity index (χ0) is 30.2. The van der Waals surface area contributed by atoms with Crippen LogP contribution < -0.4 is 10.1 Å². The maximum absolute atomic E-state index is 13.8. The third-order valence-electron chi connectivity index (χ3n) is 8.68. The summed E-state index contributed by atoms with van der Waals surface area (Å²) in [4.78, 5) is 39.2. The molecule has 7 nitrogen and oxygen atoms in total. The molecule has 0 unspecified atom stereocenters. The van der Waals surface area contributed by atoms with Crippen LogP contribution in [0.3, 0.4) is 0 Å². The summed E-state index contributed by atoms with van der Waals surface area (Å²) in [6, 6.07) is 0. The molecule has 0 saturated carbocycles. The number of carbonyl (C=O) groups is 3. The first kappa shape index (κ1) is 32.4. The maximum Gasteiger partial charge on any atom is 0.194 e. The smallest absolute Gasteiger partial charge is 0.194 e. The SMILES string of the molecule is CCCCCCCCCCCCCCCCNC(C)=C1C(=O)C=C2Oc3c(C(C)=O)c(O)c(C)c(O)c3[C@@]2(C)C1=O. The zero-order valence-electron chi connectivity index (χ0n) is 25.7. The van der Waals surface area contributed by atoms with Gasteiger partial charge in [-0.2, -0.15) is 0 Å². The van der Waals surface area contributed by atoms with Crippen LogP contribution in [-0.2, 0) is 15.0 Å². The molecule has 1 aliphatic heterocycles. The Labute approximate surface area is 245 Å². The first-order valence-corrected chi connectivity index (χ1v) is 15.6. The van der Waals surface area contributed by atoms with Crippen molar-refractivity contribution in [2.24, 2.45) is 0 Å². The van der Waals surface area contributed by atoms with E-state index in [1.807, 2.05) is 0 Å². The highest BCUT2D eigenvalue weighted by Gasteiger charge is 2.56. The molecule has 0 amide bonds. The van der Waals surface area contributed by atoms with Gasteiger partial charge in [-0.1, -0.05) is 90.4 Å². The Morgan fingerprint density at radius 3 is 1.88 bits per heavy atom. The van der Waals surface area contributed by atoms with Crippen LogP contribution in [0.5, 0.6) is 17.2 Å². The Morgan fingerprint density at radius 1 is 0.854 bits per heavy atom. The van der Waals surface area contributed by atoms with Gasteiger partial charge in [-0.15, -0.1) is 0 Å². The molecule has 0 saturated heterocycles. The number of nitrogens with one attached hydrogen (secondary N) is 1. The predicted octanol–water partition coefficient (Wildman–Crippen LogP) is 7.64. The molecule has 7 heteroatoms. The minimum Gasteiger partial charge on any atom is -0.507 e. The molecule has 1 aromatic carbocycles. The summed E-state index contributed by atoms with van der Waals surface area (Å²) in [5, 5.41) is 24.7. The largest absolute Gasteiger partial charge is 0.507 e. The molecule has 1 heterocycles. The molecule has 0 bridgehead atoms. The minimum atomic E-state index is -1.48. The van der Waals surface area contributed by atoms with Crippen molar-refractivity contribution < 1.29 is 29.3 Å². The van der Waals surface area contributed by atoms with Gasteiger partial charge in [0, 0.05) is 23.9 Å². The fourth-order valence-corrected chi connectivity index (χ4v) is 6.05. The molecule has 1 aliphatic carbocycles. The van der Waals surface area contributed by atoms with Crippen LogP contribution in [0.25, 0.3) is 0 Å². The monoisotopic (exact) mass is 567 g/mol. The summed E-state index contributed by atoms with van der Waals surface area (Å²) >= 11 is 0. The number of allylic oxidation sites excluding steroid dienone is 4. The number of fused-ring (bicyclic) bond motifs is 3. The summed E-state index contributed by atoms with van der Waals surface area (Å²) in [5.41, 5.74) is -0.884. The van der Waals surface area contributed by atoms with Crippen molar-refractivity contribution in [3.63, 3.8) is 0 Å². The van der Waals surface area contributed by atoms with E-state index in [-0.39, 0.29) is 39.5 Å². The second kappa shape index (κ2) is 14.7. The van der Waals surface area contributed by atoms with Crippen molar-refractivity contribution in [3.05, 3.63) is 39.8 Å². The van der Waals surface area contributed by atoms with Crippen molar-refractivity contribution in [1.82, 2.24) is 5.32 Å². The molecule has 3 N–H and O–H groups in total. The fourth-order valence-electron chi connectivity index (χ4n) is 6.05. The highest BCUT2D eigenvalue weighted by Crippen LogP contribution is 2.57. The van der Waals surface area contributed by atoms with Crippen molar-refractivity contribution in [1.29, 1.82) is 0 Å². The molecule has 1 aromatic rings. The van der Waals surface area contributed by atoms with Crippen LogP contribution in [0.1, 0.15) is 139 Å². The molecule has 226 valence electrons. The number of rotatable bonds is 17. The molecule has 0 spiro atoms. The van der Waals surface area contributed by atoms with Crippen LogP contribution in [0, 0.1) is 6.92 Å². The number of carbonyl (C=O) groups excluding carboxylic acids is 3. The minimum absolute atomic E-state index is 0.0209. The molecule has 41 heavy (non-hydrogen) atoms. The van der Waals surface area contributed by atoms with Gasteiger partial charge in [-0.05, 0) is 34.1 Å². The first-order valence-electron chi connectivity index (χ1n) is 15.6. The van der Waals surface area contributed by atoms with E-state index in [0.717, 1.165) is 12.8 Å². The lowest BCUT2D eigenvalue weighted by atomic mass is 9.70. The van der Waals surface area contributed by atoms with Crippen LogP contribution >= 0.6 is 0 Å². The number of hydrogen-bond donors (Lipinski definition) is 3. The fraction of sp³-hybridized carbons (Fsp3) is 0.618. The number of hydrogen-bond acceptors (Lipinski definition) is 7.